The Labute approximate surface area is 101 Å². The van der Waals surface area contributed by atoms with Gasteiger partial charge in [0.05, 0.1) is 6.61 Å². The van der Waals surface area contributed by atoms with Gasteiger partial charge in [-0.2, -0.15) is 0 Å². The molecule has 4 atom stereocenters. The highest BCUT2D eigenvalue weighted by Gasteiger charge is 2.48. The number of hydrogen-bond acceptors (Lipinski definition) is 6. The maximum absolute atomic E-state index is 9.92. The van der Waals surface area contributed by atoms with E-state index >= 15 is 0 Å². The van der Waals surface area contributed by atoms with Crippen LogP contribution in [-0.2, 0) is 9.47 Å². The van der Waals surface area contributed by atoms with E-state index in [0.29, 0.717) is 6.61 Å². The molecule has 6 heteroatoms. The first-order valence-electron chi connectivity index (χ1n) is 5.99. The highest BCUT2D eigenvalue weighted by Crippen LogP contribution is 2.24. The average molecular weight is 250 g/mol. The van der Waals surface area contributed by atoms with Crippen molar-refractivity contribution in [2.24, 2.45) is 0 Å². The van der Waals surface area contributed by atoms with Gasteiger partial charge in [0.1, 0.15) is 24.9 Å². The van der Waals surface area contributed by atoms with E-state index in [9.17, 15) is 20.4 Å². The molecule has 0 bridgehead atoms. The Morgan fingerprint density at radius 3 is 2.65 bits per heavy atom. The van der Waals surface area contributed by atoms with Crippen LogP contribution < -0.4 is 0 Å². The van der Waals surface area contributed by atoms with Crippen molar-refractivity contribution in [2.45, 2.75) is 50.3 Å². The molecule has 1 saturated heterocycles. The van der Waals surface area contributed by atoms with Crippen LogP contribution in [0.3, 0.4) is 0 Å². The fraction of sp³-hybridized carbons (Fsp3) is 1.00. The Morgan fingerprint density at radius 1 is 1.29 bits per heavy atom. The molecule has 17 heavy (non-hydrogen) atoms. The number of hydrogen-bond donors (Lipinski definition) is 4. The van der Waals surface area contributed by atoms with Gasteiger partial charge in [-0.25, -0.2) is 0 Å². The van der Waals surface area contributed by atoms with Crippen LogP contribution in [0.2, 0.25) is 0 Å². The lowest BCUT2D eigenvalue weighted by Gasteiger charge is -2.41. The van der Waals surface area contributed by atoms with E-state index in [1.54, 1.807) is 0 Å². The third kappa shape index (κ3) is 3.87. The number of ether oxygens (including phenoxy) is 2. The second kappa shape index (κ2) is 6.63. The van der Waals surface area contributed by atoms with Crippen molar-refractivity contribution >= 4 is 0 Å². The Kier molecular flexibility index (Phi) is 5.78. The number of rotatable bonds is 6. The van der Waals surface area contributed by atoms with Gasteiger partial charge in [-0.3, -0.25) is 0 Å². The summed E-state index contributed by atoms with van der Waals surface area (Å²) in [7, 11) is 0. The quantitative estimate of drug-likeness (QED) is 0.451. The molecule has 1 fully saturated rings. The van der Waals surface area contributed by atoms with Crippen LogP contribution in [-0.4, -0.2) is 64.3 Å². The van der Waals surface area contributed by atoms with Crippen LogP contribution in [0.25, 0.3) is 0 Å². The SMILES string of the molecule is CCCCCOC[C@@]1(O)OC[C@@H](O)[C@@H](O)[C@@H]1O. The van der Waals surface area contributed by atoms with Crippen molar-refractivity contribution in [1.82, 2.24) is 0 Å². The first-order valence-corrected chi connectivity index (χ1v) is 5.99. The fourth-order valence-electron chi connectivity index (χ4n) is 1.69. The van der Waals surface area contributed by atoms with E-state index in [1.165, 1.54) is 0 Å². The monoisotopic (exact) mass is 250 g/mol. The molecule has 102 valence electrons. The van der Waals surface area contributed by atoms with Crippen molar-refractivity contribution in [3.05, 3.63) is 0 Å². The average Bonchev–Trinajstić information content (AvgIpc) is 2.32. The Hall–Kier alpha value is -0.240. The van der Waals surface area contributed by atoms with Gasteiger partial charge in [0, 0.05) is 6.61 Å². The summed E-state index contributed by atoms with van der Waals surface area (Å²) in [4.78, 5) is 0. The van der Waals surface area contributed by atoms with Gasteiger partial charge in [0.2, 0.25) is 5.79 Å². The van der Waals surface area contributed by atoms with Gasteiger partial charge < -0.3 is 29.9 Å². The van der Waals surface area contributed by atoms with E-state index in [0.717, 1.165) is 19.3 Å². The second-order valence-corrected chi connectivity index (χ2v) is 4.42. The van der Waals surface area contributed by atoms with Gasteiger partial charge in [-0.15, -0.1) is 0 Å². The lowest BCUT2D eigenvalue weighted by Crippen LogP contribution is -2.62. The number of unbranched alkanes of at least 4 members (excludes halogenated alkanes) is 2. The molecule has 1 heterocycles. The zero-order chi connectivity index (χ0) is 12.9. The molecule has 0 spiro atoms. The molecular formula is C11H22O6. The molecule has 0 aromatic carbocycles. The maximum Gasteiger partial charge on any atom is 0.219 e. The first-order chi connectivity index (χ1) is 8.01. The van der Waals surface area contributed by atoms with Crippen molar-refractivity contribution in [3.8, 4) is 0 Å². The molecule has 0 saturated carbocycles. The van der Waals surface area contributed by atoms with E-state index < -0.39 is 24.1 Å². The van der Waals surface area contributed by atoms with Gasteiger partial charge in [0.25, 0.3) is 0 Å². The Bertz CT molecular complexity index is 224. The van der Waals surface area contributed by atoms with Gasteiger partial charge in [-0.05, 0) is 6.42 Å². The topological polar surface area (TPSA) is 99.4 Å². The summed E-state index contributed by atoms with van der Waals surface area (Å²) in [5, 5.41) is 38.2. The summed E-state index contributed by atoms with van der Waals surface area (Å²) in [5.74, 6) is -1.94. The van der Waals surface area contributed by atoms with Crippen molar-refractivity contribution in [3.63, 3.8) is 0 Å². The van der Waals surface area contributed by atoms with Crippen LogP contribution in [0.1, 0.15) is 26.2 Å². The molecule has 0 amide bonds. The molecule has 0 aliphatic carbocycles. The van der Waals surface area contributed by atoms with E-state index in [4.69, 9.17) is 9.47 Å². The summed E-state index contributed by atoms with van der Waals surface area (Å²) in [5.41, 5.74) is 0. The summed E-state index contributed by atoms with van der Waals surface area (Å²) in [6.07, 6.45) is -1.22. The lowest BCUT2D eigenvalue weighted by atomic mass is 9.97. The van der Waals surface area contributed by atoms with Crippen LogP contribution in [0, 0.1) is 0 Å². The maximum atomic E-state index is 9.92. The fourth-order valence-corrected chi connectivity index (χ4v) is 1.69. The Balaban J connectivity index is 2.34. The number of aliphatic hydroxyl groups excluding tert-OH is 3. The van der Waals surface area contributed by atoms with Gasteiger partial charge in [-0.1, -0.05) is 19.8 Å². The Morgan fingerprint density at radius 2 is 2.00 bits per heavy atom. The minimum absolute atomic E-state index is 0.221. The molecule has 0 unspecified atom stereocenters. The second-order valence-electron chi connectivity index (χ2n) is 4.42. The summed E-state index contributed by atoms with van der Waals surface area (Å²) in [6.45, 7) is 2.08. The van der Waals surface area contributed by atoms with Crippen molar-refractivity contribution in [2.75, 3.05) is 19.8 Å². The van der Waals surface area contributed by atoms with Gasteiger partial charge in [0.15, 0.2) is 0 Å². The summed E-state index contributed by atoms with van der Waals surface area (Å²) >= 11 is 0. The van der Waals surface area contributed by atoms with Crippen LogP contribution in [0.5, 0.6) is 0 Å². The molecule has 6 nitrogen and oxygen atoms in total. The predicted octanol–water partition coefficient (Wildman–Crippen LogP) is -1.01. The zero-order valence-electron chi connectivity index (χ0n) is 10.1. The molecule has 0 aromatic heterocycles. The standard InChI is InChI=1S/C11H22O6/c1-2-3-4-5-16-7-11(15)10(14)9(13)8(12)6-17-11/h8-10,12-15H,2-7H2,1H3/t8-,9-,10+,11-/m1/s1. The smallest absolute Gasteiger partial charge is 0.219 e. The molecular weight excluding hydrogens is 228 g/mol. The minimum atomic E-state index is -1.94. The normalized spacial score (nSPS) is 38.3. The zero-order valence-corrected chi connectivity index (χ0v) is 10.1. The molecule has 4 N–H and O–H groups in total. The highest BCUT2D eigenvalue weighted by molar-refractivity contribution is 4.91. The third-order valence-electron chi connectivity index (χ3n) is 2.89. The lowest BCUT2D eigenvalue weighted by molar-refractivity contribution is -0.335. The molecule has 1 aliphatic rings. The summed E-state index contributed by atoms with van der Waals surface area (Å²) in [6, 6.07) is 0. The van der Waals surface area contributed by atoms with E-state index in [2.05, 4.69) is 6.92 Å². The first kappa shape index (κ1) is 14.8. The van der Waals surface area contributed by atoms with Gasteiger partial charge >= 0.3 is 0 Å². The van der Waals surface area contributed by atoms with Crippen LogP contribution in [0.15, 0.2) is 0 Å². The third-order valence-corrected chi connectivity index (χ3v) is 2.89. The van der Waals surface area contributed by atoms with Crippen LogP contribution >= 0.6 is 0 Å². The van der Waals surface area contributed by atoms with Crippen molar-refractivity contribution in [1.29, 1.82) is 0 Å². The molecule has 0 radical (unpaired) electrons. The highest BCUT2D eigenvalue weighted by atomic mass is 16.7. The van der Waals surface area contributed by atoms with Crippen molar-refractivity contribution < 1.29 is 29.9 Å². The predicted molar refractivity (Wildman–Crippen MR) is 59.3 cm³/mol. The number of aliphatic hydroxyl groups is 4. The largest absolute Gasteiger partial charge is 0.388 e. The van der Waals surface area contributed by atoms with Crippen LogP contribution in [0.4, 0.5) is 0 Å². The molecule has 1 rings (SSSR count). The van der Waals surface area contributed by atoms with E-state index in [-0.39, 0.29) is 13.2 Å². The molecule has 1 aliphatic heterocycles. The van der Waals surface area contributed by atoms with E-state index in [1.807, 2.05) is 0 Å². The minimum Gasteiger partial charge on any atom is -0.388 e. The molecule has 0 aromatic rings. The summed E-state index contributed by atoms with van der Waals surface area (Å²) < 4.78 is 10.1.